The molecule has 2 atom stereocenters. The Morgan fingerprint density at radius 2 is 1.65 bits per heavy atom. The molecule has 1 amide bonds. The summed E-state index contributed by atoms with van der Waals surface area (Å²) in [4.78, 5) is 24.1. The van der Waals surface area contributed by atoms with Gasteiger partial charge in [0.15, 0.2) is 0 Å². The number of amides is 1. The van der Waals surface area contributed by atoms with Gasteiger partial charge in [0.2, 0.25) is 5.91 Å². The van der Waals surface area contributed by atoms with Gasteiger partial charge in [-0.15, -0.1) is 0 Å². The molecule has 2 rings (SSSR count). The van der Waals surface area contributed by atoms with E-state index in [4.69, 9.17) is 11.6 Å². The van der Waals surface area contributed by atoms with Crippen LogP contribution in [0, 0.1) is 12.8 Å². The highest BCUT2D eigenvalue weighted by Crippen LogP contribution is 2.35. The molecule has 0 bridgehead atoms. The third kappa shape index (κ3) is 7.28. The van der Waals surface area contributed by atoms with Crippen LogP contribution in [0.2, 0.25) is 5.02 Å². The molecule has 0 aliphatic rings. The molecular formula is C23H25ClF3NO3. The van der Waals surface area contributed by atoms with Crippen molar-refractivity contribution in [1.82, 2.24) is 0 Å². The lowest BCUT2D eigenvalue weighted by Gasteiger charge is -2.22. The van der Waals surface area contributed by atoms with Gasteiger partial charge in [-0.3, -0.25) is 9.59 Å². The molecule has 0 aliphatic carbocycles. The standard InChI is InChI=1S/C23H25ClF3NO3/c1-13(2)17(11-21(29)30)16-8-9-19(24)20(10-16)28-22(31)18(12-23(25,26)27)15-6-4-14(3)5-7-15/h4-10,13,17-18H,11-12H2,1-3H3,(H,28,31)(H,29,30)/t17?,18-/m0/s1. The summed E-state index contributed by atoms with van der Waals surface area (Å²) in [5.41, 5.74) is 1.90. The van der Waals surface area contributed by atoms with Gasteiger partial charge in [-0.2, -0.15) is 13.2 Å². The van der Waals surface area contributed by atoms with E-state index in [1.165, 1.54) is 24.3 Å². The summed E-state index contributed by atoms with van der Waals surface area (Å²) in [5, 5.41) is 11.9. The number of carboxylic acid groups (broad SMARTS) is 1. The first-order valence-corrected chi connectivity index (χ1v) is 10.2. The molecule has 0 fully saturated rings. The molecular weight excluding hydrogens is 431 g/mol. The Hall–Kier alpha value is -2.54. The number of hydrogen-bond acceptors (Lipinski definition) is 2. The number of anilines is 1. The summed E-state index contributed by atoms with van der Waals surface area (Å²) < 4.78 is 39.5. The van der Waals surface area contributed by atoms with Gasteiger partial charge in [-0.25, -0.2) is 0 Å². The lowest BCUT2D eigenvalue weighted by molar-refractivity contribution is -0.146. The monoisotopic (exact) mass is 455 g/mol. The van der Waals surface area contributed by atoms with E-state index < -0.39 is 30.4 Å². The quantitative estimate of drug-likeness (QED) is 0.475. The molecule has 2 aromatic rings. The highest BCUT2D eigenvalue weighted by Gasteiger charge is 2.36. The van der Waals surface area contributed by atoms with E-state index in [0.29, 0.717) is 5.56 Å². The number of alkyl halides is 3. The average Bonchev–Trinajstić information content (AvgIpc) is 2.66. The number of nitrogens with one attached hydrogen (secondary N) is 1. The zero-order chi connectivity index (χ0) is 23.3. The van der Waals surface area contributed by atoms with Gasteiger partial charge in [0.1, 0.15) is 0 Å². The molecule has 0 aliphatic heterocycles. The van der Waals surface area contributed by atoms with Gasteiger partial charge in [0.05, 0.1) is 29.5 Å². The molecule has 1 unspecified atom stereocenters. The average molecular weight is 456 g/mol. The van der Waals surface area contributed by atoms with Crippen molar-refractivity contribution in [2.75, 3.05) is 5.32 Å². The fraction of sp³-hybridized carbons (Fsp3) is 0.391. The maximum atomic E-state index is 13.2. The summed E-state index contributed by atoms with van der Waals surface area (Å²) in [7, 11) is 0. The molecule has 2 aromatic carbocycles. The second-order valence-corrected chi connectivity index (χ2v) is 8.37. The van der Waals surface area contributed by atoms with Gasteiger partial charge in [0, 0.05) is 0 Å². The number of carboxylic acids is 1. The highest BCUT2D eigenvalue weighted by atomic mass is 35.5. The van der Waals surface area contributed by atoms with Gasteiger partial charge >= 0.3 is 12.1 Å². The van der Waals surface area contributed by atoms with Gasteiger partial charge in [-0.05, 0) is 42.0 Å². The Bertz CT molecular complexity index is 927. The van der Waals surface area contributed by atoms with E-state index >= 15 is 0 Å². The lowest BCUT2D eigenvalue weighted by Crippen LogP contribution is -2.26. The second-order valence-electron chi connectivity index (χ2n) is 7.96. The number of benzene rings is 2. The van der Waals surface area contributed by atoms with E-state index in [-0.39, 0.29) is 34.5 Å². The van der Waals surface area contributed by atoms with Crippen molar-refractivity contribution in [3.63, 3.8) is 0 Å². The molecule has 0 radical (unpaired) electrons. The Balaban J connectivity index is 2.36. The summed E-state index contributed by atoms with van der Waals surface area (Å²) >= 11 is 6.18. The number of rotatable bonds is 8. The first-order chi connectivity index (χ1) is 14.4. The van der Waals surface area contributed by atoms with E-state index in [0.717, 1.165) is 5.56 Å². The molecule has 8 heteroatoms. The maximum Gasteiger partial charge on any atom is 0.390 e. The third-order valence-corrected chi connectivity index (χ3v) is 5.44. The number of halogens is 4. The van der Waals surface area contributed by atoms with Crippen molar-refractivity contribution < 1.29 is 27.9 Å². The minimum atomic E-state index is -4.54. The first-order valence-electron chi connectivity index (χ1n) is 9.82. The van der Waals surface area contributed by atoms with Crippen LogP contribution in [0.1, 0.15) is 55.2 Å². The molecule has 0 heterocycles. The van der Waals surface area contributed by atoms with Crippen LogP contribution >= 0.6 is 11.6 Å². The van der Waals surface area contributed by atoms with Crippen LogP contribution in [0.15, 0.2) is 42.5 Å². The second kappa shape index (κ2) is 10.2. The summed E-state index contributed by atoms with van der Waals surface area (Å²) in [6.07, 6.45) is -5.97. The van der Waals surface area contributed by atoms with E-state index in [2.05, 4.69) is 5.32 Å². The van der Waals surface area contributed by atoms with Crippen molar-refractivity contribution in [3.05, 3.63) is 64.2 Å². The van der Waals surface area contributed by atoms with Crippen LogP contribution in [0.4, 0.5) is 18.9 Å². The SMILES string of the molecule is Cc1ccc([C@H](CC(F)(F)F)C(=O)Nc2cc(C(CC(=O)O)C(C)C)ccc2Cl)cc1. The topological polar surface area (TPSA) is 66.4 Å². The fourth-order valence-corrected chi connectivity index (χ4v) is 3.57. The molecule has 31 heavy (non-hydrogen) atoms. The Kier molecular flexibility index (Phi) is 8.12. The lowest BCUT2D eigenvalue weighted by atomic mass is 9.85. The van der Waals surface area contributed by atoms with Crippen LogP contribution in [0.25, 0.3) is 0 Å². The van der Waals surface area contributed by atoms with Crippen molar-refractivity contribution in [3.8, 4) is 0 Å². The number of hydrogen-bond donors (Lipinski definition) is 2. The minimum absolute atomic E-state index is 0.00800. The summed E-state index contributed by atoms with van der Waals surface area (Å²) in [5.74, 6) is -3.59. The highest BCUT2D eigenvalue weighted by molar-refractivity contribution is 6.33. The molecule has 4 nitrogen and oxygen atoms in total. The Labute approximate surface area is 184 Å². The molecule has 0 aromatic heterocycles. The van der Waals surface area contributed by atoms with Crippen LogP contribution in [0.5, 0.6) is 0 Å². The van der Waals surface area contributed by atoms with Crippen molar-refractivity contribution in [2.45, 2.75) is 51.6 Å². The van der Waals surface area contributed by atoms with Gasteiger partial charge in [0.25, 0.3) is 0 Å². The molecule has 0 saturated heterocycles. The van der Waals surface area contributed by atoms with Crippen LogP contribution in [0.3, 0.4) is 0 Å². The number of aliphatic carboxylic acids is 1. The largest absolute Gasteiger partial charge is 0.481 e. The van der Waals surface area contributed by atoms with Gasteiger partial charge in [-0.1, -0.05) is 61.3 Å². The van der Waals surface area contributed by atoms with Crippen molar-refractivity contribution in [1.29, 1.82) is 0 Å². The molecule has 0 spiro atoms. The Morgan fingerprint density at radius 3 is 2.16 bits per heavy atom. The van der Waals surface area contributed by atoms with E-state index in [1.54, 1.807) is 25.1 Å². The predicted octanol–water partition coefficient (Wildman–Crippen LogP) is 6.54. The van der Waals surface area contributed by atoms with Crippen molar-refractivity contribution in [2.24, 2.45) is 5.92 Å². The van der Waals surface area contributed by atoms with Crippen LogP contribution in [-0.4, -0.2) is 23.2 Å². The molecule has 0 saturated carbocycles. The number of carbonyl (C=O) groups excluding carboxylic acids is 1. The number of aryl methyl sites for hydroxylation is 1. The van der Waals surface area contributed by atoms with E-state index in [9.17, 15) is 27.9 Å². The molecule has 2 N–H and O–H groups in total. The van der Waals surface area contributed by atoms with Crippen molar-refractivity contribution >= 4 is 29.2 Å². The van der Waals surface area contributed by atoms with Crippen LogP contribution in [-0.2, 0) is 9.59 Å². The van der Waals surface area contributed by atoms with Crippen LogP contribution < -0.4 is 5.32 Å². The number of carbonyl (C=O) groups is 2. The normalized spacial score (nSPS) is 13.7. The first kappa shape index (κ1) is 24.7. The fourth-order valence-electron chi connectivity index (χ4n) is 3.41. The van der Waals surface area contributed by atoms with Gasteiger partial charge < -0.3 is 10.4 Å². The third-order valence-electron chi connectivity index (χ3n) is 5.11. The zero-order valence-corrected chi connectivity index (χ0v) is 18.2. The Morgan fingerprint density at radius 1 is 1.06 bits per heavy atom. The summed E-state index contributed by atoms with van der Waals surface area (Å²) in [6, 6.07) is 11.0. The smallest absolute Gasteiger partial charge is 0.390 e. The summed E-state index contributed by atoms with van der Waals surface area (Å²) in [6.45, 7) is 5.55. The zero-order valence-electron chi connectivity index (χ0n) is 17.5. The maximum absolute atomic E-state index is 13.2. The molecule has 168 valence electrons. The van der Waals surface area contributed by atoms with E-state index in [1.807, 2.05) is 13.8 Å². The minimum Gasteiger partial charge on any atom is -0.481 e. The predicted molar refractivity (Wildman–Crippen MR) is 115 cm³/mol.